The Balaban J connectivity index is 2.95. The van der Waals surface area contributed by atoms with Crippen LogP contribution in [0.1, 0.15) is 54.0 Å². The summed E-state index contributed by atoms with van der Waals surface area (Å²) in [5, 5.41) is 5.10. The molecule has 1 rings (SSSR count). The Labute approximate surface area is 159 Å². The third-order valence-corrected chi connectivity index (χ3v) is 3.35. The van der Waals surface area contributed by atoms with Crippen LogP contribution in [0.3, 0.4) is 0 Å². The van der Waals surface area contributed by atoms with Crippen molar-refractivity contribution in [2.45, 2.75) is 65.2 Å². The van der Waals surface area contributed by atoms with Gasteiger partial charge in [-0.05, 0) is 66.2 Å². The Morgan fingerprint density at radius 1 is 0.815 bits per heavy atom. The maximum atomic E-state index is 12.1. The number of rotatable bonds is 4. The summed E-state index contributed by atoms with van der Waals surface area (Å²) in [6.07, 6.45) is -1.36. The van der Waals surface area contributed by atoms with Crippen molar-refractivity contribution in [2.24, 2.45) is 5.73 Å². The van der Waals surface area contributed by atoms with Gasteiger partial charge in [-0.2, -0.15) is 0 Å². The molecule has 8 nitrogen and oxygen atoms in total. The Morgan fingerprint density at radius 3 is 1.67 bits per heavy atom. The van der Waals surface area contributed by atoms with Crippen LogP contribution in [0.2, 0.25) is 0 Å². The average Bonchev–Trinajstić information content (AvgIpc) is 2.43. The molecule has 0 aliphatic heterocycles. The summed E-state index contributed by atoms with van der Waals surface area (Å²) in [5.74, 6) is -0.749. The molecule has 0 bridgehead atoms. The molecule has 0 spiro atoms. The van der Waals surface area contributed by atoms with E-state index < -0.39 is 34.8 Å². The normalized spacial score (nSPS) is 13.9. The summed E-state index contributed by atoms with van der Waals surface area (Å²) in [4.78, 5) is 35.9. The van der Waals surface area contributed by atoms with Crippen LogP contribution in [0.25, 0.3) is 0 Å². The van der Waals surface area contributed by atoms with Crippen LogP contribution < -0.4 is 16.4 Å². The third-order valence-electron chi connectivity index (χ3n) is 3.35. The molecule has 0 aliphatic rings. The molecule has 27 heavy (non-hydrogen) atoms. The highest BCUT2D eigenvalue weighted by molar-refractivity contribution is 5.90. The number of ether oxygens (including phenoxy) is 2. The fourth-order valence-corrected chi connectivity index (χ4v) is 2.09. The molecule has 3 amide bonds. The molecule has 0 heterocycles. The van der Waals surface area contributed by atoms with Crippen LogP contribution in [0.5, 0.6) is 0 Å². The lowest BCUT2D eigenvalue weighted by atomic mass is 9.91. The molecule has 1 aromatic rings. The van der Waals surface area contributed by atoms with E-state index in [1.54, 1.807) is 65.8 Å². The van der Waals surface area contributed by atoms with Gasteiger partial charge in [0.15, 0.2) is 0 Å². The predicted molar refractivity (Wildman–Crippen MR) is 102 cm³/mol. The number of hydrogen-bond acceptors (Lipinski definition) is 5. The van der Waals surface area contributed by atoms with Gasteiger partial charge in [-0.25, -0.2) is 9.59 Å². The minimum atomic E-state index is -1.48. The Kier molecular flexibility index (Phi) is 6.48. The van der Waals surface area contributed by atoms with Crippen molar-refractivity contribution >= 4 is 23.8 Å². The smallest absolute Gasteiger partial charge is 0.412 e. The minimum Gasteiger partial charge on any atom is -0.444 e. The first-order chi connectivity index (χ1) is 12.1. The number of carbonyl (C=O) groups is 3. The van der Waals surface area contributed by atoms with E-state index in [1.807, 2.05) is 0 Å². The molecule has 0 aromatic heterocycles. The van der Waals surface area contributed by atoms with Gasteiger partial charge in [-0.1, -0.05) is 12.1 Å². The van der Waals surface area contributed by atoms with E-state index in [0.29, 0.717) is 11.3 Å². The summed E-state index contributed by atoms with van der Waals surface area (Å²) in [6.45, 7) is 11.9. The van der Waals surface area contributed by atoms with Gasteiger partial charge in [0.25, 0.3) is 0 Å². The zero-order chi connectivity index (χ0) is 21.0. The molecular weight excluding hydrogens is 350 g/mol. The van der Waals surface area contributed by atoms with Gasteiger partial charge >= 0.3 is 12.2 Å². The van der Waals surface area contributed by atoms with Crippen LogP contribution >= 0.6 is 0 Å². The van der Waals surface area contributed by atoms with Gasteiger partial charge in [0.1, 0.15) is 16.7 Å². The summed E-state index contributed by atoms with van der Waals surface area (Å²) in [7, 11) is 0. The van der Waals surface area contributed by atoms with Crippen molar-refractivity contribution in [3.05, 3.63) is 29.8 Å². The standard InChI is InChI=1S/C19H29N3O5/c1-17(2,3)26-15(24)21-13-10-8-12(9-11-13)19(7,14(20)23)22-16(25)27-18(4,5)6/h8-11H,1-7H3,(H2,20,23)(H,21,24)(H,22,25)/t19-/m1/s1. The van der Waals surface area contributed by atoms with Crippen molar-refractivity contribution in [3.8, 4) is 0 Å². The van der Waals surface area contributed by atoms with Crippen molar-refractivity contribution in [1.82, 2.24) is 5.32 Å². The van der Waals surface area contributed by atoms with Gasteiger partial charge in [0.05, 0.1) is 0 Å². The molecule has 1 aromatic carbocycles. The van der Waals surface area contributed by atoms with Gasteiger partial charge in [-0.3, -0.25) is 10.1 Å². The Bertz CT molecular complexity index is 702. The van der Waals surface area contributed by atoms with Gasteiger partial charge in [0, 0.05) is 5.69 Å². The highest BCUT2D eigenvalue weighted by Gasteiger charge is 2.36. The van der Waals surface area contributed by atoms with Crippen molar-refractivity contribution < 1.29 is 23.9 Å². The van der Waals surface area contributed by atoms with Gasteiger partial charge in [-0.15, -0.1) is 0 Å². The number of primary amides is 1. The average molecular weight is 379 g/mol. The molecule has 0 fully saturated rings. The first-order valence-corrected chi connectivity index (χ1v) is 8.54. The topological polar surface area (TPSA) is 120 Å². The lowest BCUT2D eigenvalue weighted by molar-refractivity contribution is -0.124. The largest absolute Gasteiger partial charge is 0.444 e. The van der Waals surface area contributed by atoms with Crippen molar-refractivity contribution in [2.75, 3.05) is 5.32 Å². The minimum absolute atomic E-state index is 0.440. The summed E-state index contributed by atoms with van der Waals surface area (Å²) in [5.41, 5.74) is 3.60. The summed E-state index contributed by atoms with van der Waals surface area (Å²) >= 11 is 0. The van der Waals surface area contributed by atoms with Crippen LogP contribution in [-0.4, -0.2) is 29.3 Å². The highest BCUT2D eigenvalue weighted by atomic mass is 16.6. The number of benzene rings is 1. The SMILES string of the molecule is CC(C)(C)OC(=O)Nc1ccc([C@@](C)(NC(=O)OC(C)(C)C)C(N)=O)cc1. The van der Waals surface area contributed by atoms with E-state index >= 15 is 0 Å². The van der Waals surface area contributed by atoms with Gasteiger partial charge < -0.3 is 20.5 Å². The monoisotopic (exact) mass is 379 g/mol. The second-order valence-corrected chi connectivity index (χ2v) is 8.32. The van der Waals surface area contributed by atoms with E-state index in [2.05, 4.69) is 10.6 Å². The van der Waals surface area contributed by atoms with Crippen LogP contribution in [-0.2, 0) is 19.8 Å². The number of nitrogens with one attached hydrogen (secondary N) is 2. The molecule has 1 atom stereocenters. The molecule has 0 unspecified atom stereocenters. The lowest BCUT2D eigenvalue weighted by Crippen LogP contribution is -2.53. The van der Waals surface area contributed by atoms with Gasteiger partial charge in [0.2, 0.25) is 5.91 Å². The molecule has 0 aliphatic carbocycles. The first kappa shape index (κ1) is 22.3. The van der Waals surface area contributed by atoms with E-state index in [4.69, 9.17) is 15.2 Å². The molecule has 8 heteroatoms. The van der Waals surface area contributed by atoms with Crippen LogP contribution in [0.4, 0.5) is 15.3 Å². The maximum absolute atomic E-state index is 12.1. The highest BCUT2D eigenvalue weighted by Crippen LogP contribution is 2.23. The number of nitrogens with two attached hydrogens (primary N) is 1. The number of amides is 3. The summed E-state index contributed by atoms with van der Waals surface area (Å²) in [6, 6.07) is 6.32. The molecule has 0 saturated carbocycles. The molecule has 4 N–H and O–H groups in total. The molecule has 0 radical (unpaired) electrons. The second-order valence-electron chi connectivity index (χ2n) is 8.32. The molecule has 0 saturated heterocycles. The maximum Gasteiger partial charge on any atom is 0.412 e. The summed E-state index contributed by atoms with van der Waals surface area (Å²) < 4.78 is 10.4. The fourth-order valence-electron chi connectivity index (χ4n) is 2.09. The number of carbonyl (C=O) groups excluding carboxylic acids is 3. The molecular formula is C19H29N3O5. The van der Waals surface area contributed by atoms with E-state index in [9.17, 15) is 14.4 Å². The predicted octanol–water partition coefficient (Wildman–Crippen LogP) is 3.26. The zero-order valence-electron chi connectivity index (χ0n) is 16.9. The Hall–Kier alpha value is -2.77. The Morgan fingerprint density at radius 2 is 1.26 bits per heavy atom. The number of anilines is 1. The quantitative estimate of drug-likeness (QED) is 0.742. The molecule has 150 valence electrons. The van der Waals surface area contributed by atoms with Crippen LogP contribution in [0.15, 0.2) is 24.3 Å². The van der Waals surface area contributed by atoms with E-state index in [1.165, 1.54) is 6.92 Å². The lowest BCUT2D eigenvalue weighted by Gasteiger charge is -2.30. The van der Waals surface area contributed by atoms with Crippen molar-refractivity contribution in [3.63, 3.8) is 0 Å². The van der Waals surface area contributed by atoms with Crippen LogP contribution in [0, 0.1) is 0 Å². The van der Waals surface area contributed by atoms with Crippen molar-refractivity contribution in [1.29, 1.82) is 0 Å². The van der Waals surface area contributed by atoms with E-state index in [-0.39, 0.29) is 0 Å². The second kappa shape index (κ2) is 7.85. The zero-order valence-corrected chi connectivity index (χ0v) is 16.9. The number of alkyl carbamates (subject to hydrolysis) is 1. The van der Waals surface area contributed by atoms with E-state index in [0.717, 1.165) is 0 Å². The fraction of sp³-hybridized carbons (Fsp3) is 0.526. The number of hydrogen-bond donors (Lipinski definition) is 3. The third kappa shape index (κ3) is 7.16. The first-order valence-electron chi connectivity index (χ1n) is 8.54.